The lowest BCUT2D eigenvalue weighted by Gasteiger charge is -2.01. The minimum atomic E-state index is -0.0120. The van der Waals surface area contributed by atoms with E-state index in [0.29, 0.717) is 13.2 Å². The SMILES string of the molecule is NCCCCOC(=O)C1CC1. The van der Waals surface area contributed by atoms with Gasteiger partial charge in [0.15, 0.2) is 0 Å². The van der Waals surface area contributed by atoms with Crippen LogP contribution in [-0.2, 0) is 9.53 Å². The Hall–Kier alpha value is -0.570. The minimum absolute atomic E-state index is 0.0120. The van der Waals surface area contributed by atoms with E-state index >= 15 is 0 Å². The summed E-state index contributed by atoms with van der Waals surface area (Å²) < 4.78 is 4.97. The molecule has 3 nitrogen and oxygen atoms in total. The molecule has 1 fully saturated rings. The Morgan fingerprint density at radius 3 is 2.73 bits per heavy atom. The first-order valence-corrected chi connectivity index (χ1v) is 4.21. The summed E-state index contributed by atoms with van der Waals surface area (Å²) in [4.78, 5) is 10.9. The summed E-state index contributed by atoms with van der Waals surface area (Å²) in [5.41, 5.74) is 5.28. The first-order chi connectivity index (χ1) is 5.34. The first-order valence-electron chi connectivity index (χ1n) is 4.21. The van der Waals surface area contributed by atoms with Gasteiger partial charge in [-0.1, -0.05) is 0 Å². The van der Waals surface area contributed by atoms with Crippen molar-refractivity contribution in [2.45, 2.75) is 25.7 Å². The van der Waals surface area contributed by atoms with Crippen molar-refractivity contribution < 1.29 is 9.53 Å². The van der Waals surface area contributed by atoms with Gasteiger partial charge in [0.1, 0.15) is 0 Å². The Bertz CT molecular complexity index is 132. The van der Waals surface area contributed by atoms with Gasteiger partial charge in [0.25, 0.3) is 0 Å². The number of carbonyl (C=O) groups excluding carboxylic acids is 1. The molecule has 0 saturated heterocycles. The number of rotatable bonds is 5. The van der Waals surface area contributed by atoms with Crippen molar-refractivity contribution in [1.29, 1.82) is 0 Å². The van der Waals surface area contributed by atoms with Crippen LogP contribution in [0, 0.1) is 5.92 Å². The van der Waals surface area contributed by atoms with Crippen LogP contribution in [0.15, 0.2) is 0 Å². The number of ether oxygens (including phenoxy) is 1. The highest BCUT2D eigenvalue weighted by Crippen LogP contribution is 2.29. The van der Waals surface area contributed by atoms with E-state index in [1.807, 2.05) is 0 Å². The highest BCUT2D eigenvalue weighted by molar-refractivity contribution is 5.74. The minimum Gasteiger partial charge on any atom is -0.465 e. The van der Waals surface area contributed by atoms with Gasteiger partial charge in [-0.25, -0.2) is 0 Å². The van der Waals surface area contributed by atoms with Crippen molar-refractivity contribution in [3.05, 3.63) is 0 Å². The van der Waals surface area contributed by atoms with Gasteiger partial charge in [-0.3, -0.25) is 4.79 Å². The van der Waals surface area contributed by atoms with E-state index in [9.17, 15) is 4.79 Å². The molecule has 1 rings (SSSR count). The Balaban J connectivity index is 1.89. The quantitative estimate of drug-likeness (QED) is 0.471. The second kappa shape index (κ2) is 4.34. The van der Waals surface area contributed by atoms with Crippen LogP contribution in [-0.4, -0.2) is 19.1 Å². The molecule has 0 radical (unpaired) electrons. The number of unbranched alkanes of at least 4 members (excludes halogenated alkanes) is 1. The third kappa shape index (κ3) is 3.37. The number of nitrogens with two attached hydrogens (primary N) is 1. The van der Waals surface area contributed by atoms with Crippen molar-refractivity contribution in [2.24, 2.45) is 11.7 Å². The fourth-order valence-corrected chi connectivity index (χ4v) is 0.856. The van der Waals surface area contributed by atoms with Gasteiger partial charge in [0, 0.05) is 0 Å². The maximum Gasteiger partial charge on any atom is 0.308 e. The average Bonchev–Trinajstić information content (AvgIpc) is 2.79. The molecule has 64 valence electrons. The summed E-state index contributed by atoms with van der Waals surface area (Å²) in [6.07, 6.45) is 3.89. The van der Waals surface area contributed by atoms with Crippen LogP contribution in [0.5, 0.6) is 0 Å². The zero-order chi connectivity index (χ0) is 8.10. The van der Waals surface area contributed by atoms with Crippen LogP contribution in [0.4, 0.5) is 0 Å². The molecular formula is C8H15NO2. The van der Waals surface area contributed by atoms with Gasteiger partial charge >= 0.3 is 5.97 Å². The molecule has 0 amide bonds. The van der Waals surface area contributed by atoms with Crippen molar-refractivity contribution in [2.75, 3.05) is 13.2 Å². The second-order valence-corrected chi connectivity index (χ2v) is 2.94. The van der Waals surface area contributed by atoms with Crippen LogP contribution in [0.25, 0.3) is 0 Å². The van der Waals surface area contributed by atoms with Crippen molar-refractivity contribution in [3.8, 4) is 0 Å². The second-order valence-electron chi connectivity index (χ2n) is 2.94. The van der Waals surface area contributed by atoms with Gasteiger partial charge in [-0.2, -0.15) is 0 Å². The third-order valence-electron chi connectivity index (χ3n) is 1.75. The van der Waals surface area contributed by atoms with Crippen LogP contribution < -0.4 is 5.73 Å². The number of hydrogen-bond acceptors (Lipinski definition) is 3. The van der Waals surface area contributed by atoms with Gasteiger partial charge in [-0.05, 0) is 32.2 Å². The molecule has 0 spiro atoms. The fourth-order valence-electron chi connectivity index (χ4n) is 0.856. The molecule has 0 aromatic carbocycles. The van der Waals surface area contributed by atoms with Gasteiger partial charge < -0.3 is 10.5 Å². The largest absolute Gasteiger partial charge is 0.465 e. The normalized spacial score (nSPS) is 16.5. The molecule has 11 heavy (non-hydrogen) atoms. The molecule has 1 aliphatic carbocycles. The maximum atomic E-state index is 10.9. The smallest absolute Gasteiger partial charge is 0.308 e. The standard InChI is InChI=1S/C8H15NO2/c9-5-1-2-6-11-8(10)7-3-4-7/h7H,1-6,9H2. The van der Waals surface area contributed by atoms with E-state index in [1.54, 1.807) is 0 Å². The van der Waals surface area contributed by atoms with Crippen molar-refractivity contribution >= 4 is 5.97 Å². The van der Waals surface area contributed by atoms with Crippen LogP contribution in [0.1, 0.15) is 25.7 Å². The van der Waals surface area contributed by atoms with Crippen LogP contribution >= 0.6 is 0 Å². The molecule has 0 unspecified atom stereocenters. The Morgan fingerprint density at radius 2 is 2.18 bits per heavy atom. The summed E-state index contributed by atoms with van der Waals surface area (Å²) in [7, 11) is 0. The number of carbonyl (C=O) groups is 1. The lowest BCUT2D eigenvalue weighted by atomic mass is 10.3. The molecule has 0 aliphatic heterocycles. The van der Waals surface area contributed by atoms with E-state index in [-0.39, 0.29) is 11.9 Å². The zero-order valence-corrected chi connectivity index (χ0v) is 6.71. The van der Waals surface area contributed by atoms with Gasteiger partial charge in [-0.15, -0.1) is 0 Å². The molecular weight excluding hydrogens is 142 g/mol. The lowest BCUT2D eigenvalue weighted by Crippen LogP contribution is -2.09. The van der Waals surface area contributed by atoms with Crippen molar-refractivity contribution in [1.82, 2.24) is 0 Å². The summed E-state index contributed by atoms with van der Waals surface area (Å²) in [5, 5.41) is 0. The van der Waals surface area contributed by atoms with Crippen molar-refractivity contribution in [3.63, 3.8) is 0 Å². The molecule has 1 aliphatic rings. The molecule has 0 aromatic heterocycles. The predicted octanol–water partition coefficient (Wildman–Crippen LogP) is 0.678. The van der Waals surface area contributed by atoms with E-state index in [1.165, 1.54) is 0 Å². The van der Waals surface area contributed by atoms with Gasteiger partial charge in [0.05, 0.1) is 12.5 Å². The monoisotopic (exact) mass is 157 g/mol. The van der Waals surface area contributed by atoms with Crippen LogP contribution in [0.3, 0.4) is 0 Å². The summed E-state index contributed by atoms with van der Waals surface area (Å²) >= 11 is 0. The maximum absolute atomic E-state index is 10.9. The highest BCUT2D eigenvalue weighted by Gasteiger charge is 2.30. The topological polar surface area (TPSA) is 52.3 Å². The molecule has 3 heteroatoms. The predicted molar refractivity (Wildman–Crippen MR) is 42.0 cm³/mol. The van der Waals surface area contributed by atoms with Crippen LogP contribution in [0.2, 0.25) is 0 Å². The number of hydrogen-bond donors (Lipinski definition) is 1. The summed E-state index contributed by atoms with van der Waals surface area (Å²) in [6.45, 7) is 1.23. The number of esters is 1. The van der Waals surface area contributed by atoms with Gasteiger partial charge in [0.2, 0.25) is 0 Å². The third-order valence-corrected chi connectivity index (χ3v) is 1.75. The Kier molecular flexibility index (Phi) is 3.36. The highest BCUT2D eigenvalue weighted by atomic mass is 16.5. The van der Waals surface area contributed by atoms with E-state index in [0.717, 1.165) is 25.7 Å². The molecule has 0 bridgehead atoms. The molecule has 2 N–H and O–H groups in total. The molecule has 0 atom stereocenters. The van der Waals surface area contributed by atoms with E-state index < -0.39 is 0 Å². The fraction of sp³-hybridized carbons (Fsp3) is 0.875. The Morgan fingerprint density at radius 1 is 1.45 bits per heavy atom. The molecule has 0 heterocycles. The summed E-state index contributed by atoms with van der Waals surface area (Å²) in [6, 6.07) is 0. The summed E-state index contributed by atoms with van der Waals surface area (Å²) in [5.74, 6) is 0.217. The average molecular weight is 157 g/mol. The van der Waals surface area contributed by atoms with E-state index in [2.05, 4.69) is 0 Å². The van der Waals surface area contributed by atoms with E-state index in [4.69, 9.17) is 10.5 Å². The zero-order valence-electron chi connectivity index (χ0n) is 6.71. The molecule has 0 aromatic rings. The molecule has 1 saturated carbocycles. The Labute approximate surface area is 66.9 Å². The first kappa shape index (κ1) is 8.53. The lowest BCUT2D eigenvalue weighted by molar-refractivity contribution is -0.145.